The summed E-state index contributed by atoms with van der Waals surface area (Å²) < 4.78 is 17.3. The van der Waals surface area contributed by atoms with Crippen LogP contribution in [0.4, 0.5) is 0 Å². The Kier molecular flexibility index (Phi) is 14.1. The summed E-state index contributed by atoms with van der Waals surface area (Å²) in [5.41, 5.74) is 8.66. The number of rotatable bonds is 13. The summed E-state index contributed by atoms with van der Waals surface area (Å²) in [5, 5.41) is 13.3. The Morgan fingerprint density at radius 2 is 2.00 bits per heavy atom. The largest absolute Gasteiger partial charge is 0.493 e. The second kappa shape index (κ2) is 16.7. The summed E-state index contributed by atoms with van der Waals surface area (Å²) in [4.78, 5) is 18.3. The second-order valence-corrected chi connectivity index (χ2v) is 10.0. The Morgan fingerprint density at radius 3 is 2.55 bits per heavy atom. The number of likely N-dealkylation sites (N-methyl/N-ethyl adjacent to an activating group) is 2. The molecule has 38 heavy (non-hydrogen) atoms. The number of amides is 1. The molecule has 9 nitrogen and oxygen atoms in total. The van der Waals surface area contributed by atoms with Crippen LogP contribution < -0.4 is 11.1 Å². The van der Waals surface area contributed by atoms with E-state index in [4.69, 9.17) is 19.9 Å². The van der Waals surface area contributed by atoms with Gasteiger partial charge in [0.25, 0.3) is 0 Å². The van der Waals surface area contributed by atoms with Gasteiger partial charge in [-0.25, -0.2) is 0 Å². The molecule has 1 amide bonds. The van der Waals surface area contributed by atoms with E-state index in [-0.39, 0.29) is 12.5 Å². The minimum Gasteiger partial charge on any atom is -0.493 e. The molecule has 1 saturated heterocycles. The van der Waals surface area contributed by atoms with Crippen LogP contribution in [0.5, 0.6) is 0 Å². The average molecular weight is 535 g/mol. The van der Waals surface area contributed by atoms with Gasteiger partial charge in [0.1, 0.15) is 18.6 Å². The topological polar surface area (TPSA) is 110 Å². The molecule has 0 aliphatic carbocycles. The van der Waals surface area contributed by atoms with Gasteiger partial charge in [0.05, 0.1) is 12.6 Å². The van der Waals surface area contributed by atoms with Crippen molar-refractivity contribution in [1.29, 1.82) is 0 Å². The number of nitrogens with two attached hydrogens (primary N) is 1. The molecule has 2 unspecified atom stereocenters. The van der Waals surface area contributed by atoms with Crippen LogP contribution in [-0.2, 0) is 19.0 Å². The monoisotopic (exact) mass is 534 g/mol. The van der Waals surface area contributed by atoms with Crippen LogP contribution in [0.25, 0.3) is 0 Å². The molecule has 2 aliphatic rings. The van der Waals surface area contributed by atoms with Crippen LogP contribution >= 0.6 is 0 Å². The highest BCUT2D eigenvalue weighted by molar-refractivity contribution is 5.95. The third-order valence-electron chi connectivity index (χ3n) is 7.15. The van der Waals surface area contributed by atoms with Crippen molar-refractivity contribution < 1.29 is 24.1 Å². The normalized spacial score (nSPS) is 24.8. The second-order valence-electron chi connectivity index (χ2n) is 10.0. The van der Waals surface area contributed by atoms with Crippen LogP contribution in [0.3, 0.4) is 0 Å². The van der Waals surface area contributed by atoms with E-state index in [9.17, 15) is 9.90 Å². The van der Waals surface area contributed by atoms with Gasteiger partial charge in [0.2, 0.25) is 5.91 Å². The van der Waals surface area contributed by atoms with Crippen molar-refractivity contribution in [3.8, 4) is 0 Å². The van der Waals surface area contributed by atoms with E-state index >= 15 is 0 Å². The van der Waals surface area contributed by atoms with Crippen LogP contribution in [0, 0.1) is 5.92 Å². The molecule has 3 atom stereocenters. The highest BCUT2D eigenvalue weighted by atomic mass is 16.5. The van der Waals surface area contributed by atoms with Crippen LogP contribution in [-0.4, -0.2) is 99.8 Å². The number of hydrogen-bond donors (Lipinski definition) is 3. The minimum absolute atomic E-state index is 0.167. The third-order valence-corrected chi connectivity index (χ3v) is 7.15. The van der Waals surface area contributed by atoms with Gasteiger partial charge in [-0.15, -0.1) is 0 Å². The quantitative estimate of drug-likeness (QED) is 0.244. The smallest absolute Gasteiger partial charge is 0.247 e. The maximum atomic E-state index is 13.8. The van der Waals surface area contributed by atoms with Crippen molar-refractivity contribution in [2.45, 2.75) is 64.8 Å². The zero-order valence-corrected chi connectivity index (χ0v) is 24.2. The highest BCUT2D eigenvalue weighted by Crippen LogP contribution is 2.30. The van der Waals surface area contributed by atoms with Gasteiger partial charge in [-0.2, -0.15) is 0 Å². The van der Waals surface area contributed by atoms with Gasteiger partial charge in [-0.3, -0.25) is 4.79 Å². The lowest BCUT2D eigenvalue weighted by atomic mass is 9.94. The number of methoxy groups -OCH3 is 1. The van der Waals surface area contributed by atoms with Gasteiger partial charge in [0, 0.05) is 56.6 Å². The number of ether oxygens (including phenoxy) is 3. The van der Waals surface area contributed by atoms with E-state index < -0.39 is 18.2 Å². The Balaban J connectivity index is 2.46. The van der Waals surface area contributed by atoms with Crippen LogP contribution in [0.2, 0.25) is 0 Å². The summed E-state index contributed by atoms with van der Waals surface area (Å²) in [6, 6.07) is 0.348. The number of carbonyl (C=O) groups is 1. The van der Waals surface area contributed by atoms with E-state index in [1.165, 1.54) is 0 Å². The molecule has 0 saturated carbocycles. The van der Waals surface area contributed by atoms with Gasteiger partial charge in [-0.05, 0) is 71.4 Å². The molecule has 1 fully saturated rings. The van der Waals surface area contributed by atoms with Crippen LogP contribution in [0.1, 0.15) is 46.5 Å². The first-order valence-corrected chi connectivity index (χ1v) is 13.9. The molecule has 9 heteroatoms. The molecule has 2 aliphatic heterocycles. The fourth-order valence-electron chi connectivity index (χ4n) is 5.20. The summed E-state index contributed by atoms with van der Waals surface area (Å²) in [5.74, 6) is 0.180. The molecular formula is C29H50N4O5. The molecule has 2 heterocycles. The Bertz CT molecular complexity index is 859. The fourth-order valence-corrected chi connectivity index (χ4v) is 5.20. The van der Waals surface area contributed by atoms with Gasteiger partial charge in [-0.1, -0.05) is 19.1 Å². The first-order chi connectivity index (χ1) is 18.3. The lowest BCUT2D eigenvalue weighted by molar-refractivity contribution is -0.118. The molecule has 0 bridgehead atoms. The molecule has 0 aromatic heterocycles. The van der Waals surface area contributed by atoms with E-state index in [0.29, 0.717) is 37.6 Å². The predicted molar refractivity (Wildman–Crippen MR) is 151 cm³/mol. The Hall–Kier alpha value is -2.17. The number of aliphatic hydroxyl groups is 1. The Morgan fingerprint density at radius 1 is 1.29 bits per heavy atom. The van der Waals surface area contributed by atoms with Crippen molar-refractivity contribution >= 4 is 5.91 Å². The van der Waals surface area contributed by atoms with Crippen molar-refractivity contribution in [3.63, 3.8) is 0 Å². The van der Waals surface area contributed by atoms with Crippen molar-refractivity contribution in [1.82, 2.24) is 15.1 Å². The highest BCUT2D eigenvalue weighted by Gasteiger charge is 2.29. The van der Waals surface area contributed by atoms with Gasteiger partial charge in [0.15, 0.2) is 0 Å². The molecule has 216 valence electrons. The zero-order valence-electron chi connectivity index (χ0n) is 24.2. The molecule has 0 aromatic carbocycles. The van der Waals surface area contributed by atoms with Crippen LogP contribution in [0.15, 0.2) is 46.9 Å². The zero-order chi connectivity index (χ0) is 28.1. The number of carbonyl (C=O) groups excluding carboxylic acids is 1. The maximum absolute atomic E-state index is 13.8. The first kappa shape index (κ1) is 32.0. The molecule has 2 rings (SSSR count). The maximum Gasteiger partial charge on any atom is 0.247 e. The number of allylic oxidation sites excluding steroid dienone is 3. The number of nitrogens with zero attached hydrogens (tertiary/aromatic N) is 2. The molecule has 4 N–H and O–H groups in total. The predicted octanol–water partition coefficient (Wildman–Crippen LogP) is 2.54. The molecule has 0 radical (unpaired) electrons. The standard InChI is InChI=1S/C29H50N4O5/c1-7-10-27(36-6)25(28(30)34)19-31-29(35)24-12-11-22(20-32(4)5)38-18-15-26(23(24)8-2)33(9-3)21-13-16-37-17-14-21/h7,10-11,15,21,25,27-28,34H,8-9,12-14,16-20,30H2,1-6H3,(H,31,35)/b10-7+,22-11-,24-23+,26-15+/t25?,27?,28-/m0/s1. The molecule has 0 aromatic rings. The minimum atomic E-state index is -1.14. The molecular weight excluding hydrogens is 484 g/mol. The van der Waals surface area contributed by atoms with E-state index in [1.807, 2.05) is 39.2 Å². The third kappa shape index (κ3) is 9.24. The summed E-state index contributed by atoms with van der Waals surface area (Å²) in [6.07, 6.45) is 9.32. The van der Waals surface area contributed by atoms with Gasteiger partial charge >= 0.3 is 0 Å². The van der Waals surface area contributed by atoms with E-state index in [0.717, 1.165) is 49.6 Å². The first-order valence-electron chi connectivity index (χ1n) is 13.9. The number of nitrogens with one attached hydrogen (secondary N) is 1. The summed E-state index contributed by atoms with van der Waals surface area (Å²) >= 11 is 0. The number of aliphatic hydroxyl groups excluding tert-OH is 1. The van der Waals surface area contributed by atoms with E-state index in [1.54, 1.807) is 7.11 Å². The lowest BCUT2D eigenvalue weighted by Gasteiger charge is -2.38. The van der Waals surface area contributed by atoms with Gasteiger partial charge < -0.3 is 40.2 Å². The fraction of sp³-hybridized carbons (Fsp3) is 0.690. The SMILES string of the molecule is C/C=C/C(OC)C(CNC(=O)/C1=C(CC)/C(N(CC)C2CCOCC2)=C\CO/C(CN(C)C)=C\C1)[C@@H](N)O. The van der Waals surface area contributed by atoms with E-state index in [2.05, 4.69) is 35.0 Å². The summed E-state index contributed by atoms with van der Waals surface area (Å²) in [6.45, 7) is 9.72. The lowest BCUT2D eigenvalue weighted by Crippen LogP contribution is -2.45. The summed E-state index contributed by atoms with van der Waals surface area (Å²) in [7, 11) is 5.57. The Labute approximate surface area is 229 Å². The van der Waals surface area contributed by atoms with Crippen molar-refractivity contribution in [3.05, 3.63) is 46.9 Å². The van der Waals surface area contributed by atoms with Crippen molar-refractivity contribution in [2.75, 3.05) is 60.7 Å². The number of hydrogen-bond acceptors (Lipinski definition) is 8. The average Bonchev–Trinajstić information content (AvgIpc) is 2.97. The molecule has 0 spiro atoms. The van der Waals surface area contributed by atoms with Crippen molar-refractivity contribution in [2.24, 2.45) is 11.7 Å².